The van der Waals surface area contributed by atoms with Gasteiger partial charge in [-0.2, -0.15) is 0 Å². The Bertz CT molecular complexity index is 887. The van der Waals surface area contributed by atoms with E-state index >= 15 is 0 Å². The van der Waals surface area contributed by atoms with Crippen molar-refractivity contribution in [2.45, 2.75) is 18.9 Å². The van der Waals surface area contributed by atoms with Crippen molar-refractivity contribution in [2.75, 3.05) is 18.5 Å². The van der Waals surface area contributed by atoms with Gasteiger partial charge in [0, 0.05) is 23.1 Å². The van der Waals surface area contributed by atoms with Crippen LogP contribution in [-0.2, 0) is 4.74 Å². The first-order valence-electron chi connectivity index (χ1n) is 8.95. The van der Waals surface area contributed by atoms with Crippen molar-refractivity contribution in [1.29, 1.82) is 0 Å². The fourth-order valence-corrected chi connectivity index (χ4v) is 3.62. The summed E-state index contributed by atoms with van der Waals surface area (Å²) in [5.41, 5.74) is 2.45. The van der Waals surface area contributed by atoms with E-state index < -0.39 is 0 Å². The topological polar surface area (TPSA) is 60.5 Å². The molecule has 1 aliphatic heterocycles. The van der Waals surface area contributed by atoms with Gasteiger partial charge in [-0.05, 0) is 37.1 Å². The Morgan fingerprint density at radius 1 is 1.19 bits per heavy atom. The third-order valence-electron chi connectivity index (χ3n) is 4.37. The first-order chi connectivity index (χ1) is 13.3. The third-order valence-corrected chi connectivity index (χ3v) is 5.13. The summed E-state index contributed by atoms with van der Waals surface area (Å²) in [5, 5.41) is 5.37. The van der Waals surface area contributed by atoms with E-state index in [-0.39, 0.29) is 12.0 Å². The number of amides is 1. The van der Waals surface area contributed by atoms with Crippen LogP contribution in [0.1, 0.15) is 23.2 Å². The summed E-state index contributed by atoms with van der Waals surface area (Å²) in [6.45, 7) is 1.36. The minimum atomic E-state index is -0.186. The fraction of sp³-hybridized carbons (Fsp3) is 0.238. The van der Waals surface area contributed by atoms with Gasteiger partial charge in [0.25, 0.3) is 5.91 Å². The molecule has 2 heterocycles. The van der Waals surface area contributed by atoms with Crippen molar-refractivity contribution < 1.29 is 14.3 Å². The van der Waals surface area contributed by atoms with Gasteiger partial charge in [0.1, 0.15) is 12.4 Å². The molecule has 1 fully saturated rings. The molecular weight excluding hydrogens is 360 g/mol. The van der Waals surface area contributed by atoms with E-state index in [1.54, 1.807) is 24.3 Å². The van der Waals surface area contributed by atoms with E-state index in [4.69, 9.17) is 9.47 Å². The smallest absolute Gasteiger partial charge is 0.257 e. The summed E-state index contributed by atoms with van der Waals surface area (Å²) in [6, 6.07) is 17.0. The third kappa shape index (κ3) is 4.53. The van der Waals surface area contributed by atoms with Crippen molar-refractivity contribution in [3.63, 3.8) is 0 Å². The number of carbonyl (C=O) groups is 1. The van der Waals surface area contributed by atoms with E-state index in [1.807, 2.05) is 35.7 Å². The summed E-state index contributed by atoms with van der Waals surface area (Å²) >= 11 is 1.41. The number of anilines is 1. The summed E-state index contributed by atoms with van der Waals surface area (Å²) in [4.78, 5) is 16.9. The quantitative estimate of drug-likeness (QED) is 0.678. The highest BCUT2D eigenvalue weighted by atomic mass is 32.1. The number of nitrogens with zero attached hydrogens (tertiary/aromatic N) is 1. The normalized spacial score (nSPS) is 16.2. The number of hydrogen-bond donors (Lipinski definition) is 1. The zero-order valence-electron chi connectivity index (χ0n) is 14.8. The number of hydrogen-bond acceptors (Lipinski definition) is 5. The molecule has 5 nitrogen and oxygen atoms in total. The Kier molecular flexibility index (Phi) is 5.46. The summed E-state index contributed by atoms with van der Waals surface area (Å²) in [7, 11) is 0. The molecule has 0 spiro atoms. The van der Waals surface area contributed by atoms with E-state index in [9.17, 15) is 4.79 Å². The minimum Gasteiger partial charge on any atom is -0.491 e. The summed E-state index contributed by atoms with van der Waals surface area (Å²) < 4.78 is 11.3. The predicted octanol–water partition coefficient (Wildman–Crippen LogP) is 4.62. The second-order valence-electron chi connectivity index (χ2n) is 6.33. The molecule has 1 unspecified atom stereocenters. The Balaban J connectivity index is 1.35. The van der Waals surface area contributed by atoms with Gasteiger partial charge in [-0.15, -0.1) is 11.3 Å². The van der Waals surface area contributed by atoms with E-state index in [2.05, 4.69) is 10.3 Å². The standard InChI is InChI=1S/C21H20N2O3S/c24-20(23-21-22-19(14-27-21)15-5-2-1-3-6-15)16-8-10-17(11-9-16)26-13-18-7-4-12-25-18/h1-3,5-6,8-11,14,18H,4,7,12-13H2,(H,22,23,24). The molecule has 6 heteroatoms. The predicted molar refractivity (Wildman–Crippen MR) is 106 cm³/mol. The van der Waals surface area contributed by atoms with Gasteiger partial charge in [0.05, 0.1) is 11.8 Å². The van der Waals surface area contributed by atoms with Gasteiger partial charge in [0.2, 0.25) is 0 Å². The molecule has 4 rings (SSSR count). The lowest BCUT2D eigenvalue weighted by atomic mass is 10.2. The zero-order chi connectivity index (χ0) is 18.5. The Morgan fingerprint density at radius 2 is 2.00 bits per heavy atom. The molecule has 3 aromatic rings. The lowest BCUT2D eigenvalue weighted by Crippen LogP contribution is -2.16. The van der Waals surface area contributed by atoms with Gasteiger partial charge in [-0.25, -0.2) is 4.98 Å². The first kappa shape index (κ1) is 17.7. The van der Waals surface area contributed by atoms with Crippen LogP contribution in [0.25, 0.3) is 11.3 Å². The molecule has 1 aromatic heterocycles. The number of aromatic nitrogens is 1. The molecule has 27 heavy (non-hydrogen) atoms. The van der Waals surface area contributed by atoms with Crippen molar-refractivity contribution in [3.8, 4) is 17.0 Å². The maximum Gasteiger partial charge on any atom is 0.257 e. The lowest BCUT2D eigenvalue weighted by Gasteiger charge is -2.11. The second-order valence-corrected chi connectivity index (χ2v) is 7.19. The average molecular weight is 380 g/mol. The van der Waals surface area contributed by atoms with Crippen LogP contribution in [0, 0.1) is 0 Å². The molecule has 138 valence electrons. The van der Waals surface area contributed by atoms with Crippen LogP contribution < -0.4 is 10.1 Å². The molecular formula is C21H20N2O3S. The van der Waals surface area contributed by atoms with Crippen LogP contribution in [-0.4, -0.2) is 30.2 Å². The number of nitrogens with one attached hydrogen (secondary N) is 1. The number of carbonyl (C=O) groups excluding carboxylic acids is 1. The highest BCUT2D eigenvalue weighted by molar-refractivity contribution is 7.14. The fourth-order valence-electron chi connectivity index (χ4n) is 2.91. The van der Waals surface area contributed by atoms with Crippen LogP contribution in [0.5, 0.6) is 5.75 Å². The largest absolute Gasteiger partial charge is 0.491 e. The monoisotopic (exact) mass is 380 g/mol. The zero-order valence-corrected chi connectivity index (χ0v) is 15.6. The van der Waals surface area contributed by atoms with Crippen LogP contribution >= 0.6 is 11.3 Å². The van der Waals surface area contributed by atoms with Crippen molar-refractivity contribution in [3.05, 3.63) is 65.5 Å². The number of rotatable bonds is 6. The minimum absolute atomic E-state index is 0.177. The number of ether oxygens (including phenoxy) is 2. The molecule has 2 aromatic carbocycles. The molecule has 0 aliphatic carbocycles. The van der Waals surface area contributed by atoms with E-state index in [0.717, 1.165) is 36.5 Å². The Morgan fingerprint density at radius 3 is 2.74 bits per heavy atom. The van der Waals surface area contributed by atoms with Crippen LogP contribution in [0.2, 0.25) is 0 Å². The first-order valence-corrected chi connectivity index (χ1v) is 9.83. The van der Waals surface area contributed by atoms with Gasteiger partial charge in [0.15, 0.2) is 5.13 Å². The summed E-state index contributed by atoms with van der Waals surface area (Å²) in [6.07, 6.45) is 2.31. The molecule has 1 N–H and O–H groups in total. The van der Waals surface area contributed by atoms with Crippen LogP contribution in [0.3, 0.4) is 0 Å². The highest BCUT2D eigenvalue weighted by Gasteiger charge is 2.16. The van der Waals surface area contributed by atoms with Crippen LogP contribution in [0.4, 0.5) is 5.13 Å². The molecule has 1 aliphatic rings. The average Bonchev–Trinajstić information content (AvgIpc) is 3.39. The van der Waals surface area contributed by atoms with Crippen LogP contribution in [0.15, 0.2) is 60.0 Å². The Labute approximate surface area is 162 Å². The number of thiazole rings is 1. The van der Waals surface area contributed by atoms with Gasteiger partial charge in [-0.1, -0.05) is 30.3 Å². The van der Waals surface area contributed by atoms with E-state index in [0.29, 0.717) is 17.3 Å². The second kappa shape index (κ2) is 8.33. The maximum atomic E-state index is 12.4. The van der Waals surface area contributed by atoms with Crippen molar-refractivity contribution in [1.82, 2.24) is 4.98 Å². The summed E-state index contributed by atoms with van der Waals surface area (Å²) in [5.74, 6) is 0.553. The molecule has 1 amide bonds. The number of benzene rings is 2. The van der Waals surface area contributed by atoms with Gasteiger partial charge < -0.3 is 9.47 Å². The highest BCUT2D eigenvalue weighted by Crippen LogP contribution is 2.25. The molecule has 0 bridgehead atoms. The molecule has 0 radical (unpaired) electrons. The van der Waals surface area contributed by atoms with Crippen molar-refractivity contribution >= 4 is 22.4 Å². The molecule has 0 saturated carbocycles. The lowest BCUT2D eigenvalue weighted by molar-refractivity contribution is 0.0679. The van der Waals surface area contributed by atoms with Gasteiger partial charge >= 0.3 is 0 Å². The van der Waals surface area contributed by atoms with Crippen molar-refractivity contribution in [2.24, 2.45) is 0 Å². The van der Waals surface area contributed by atoms with E-state index in [1.165, 1.54) is 11.3 Å². The Hall–Kier alpha value is -2.70. The molecule has 1 saturated heterocycles. The van der Waals surface area contributed by atoms with Gasteiger partial charge in [-0.3, -0.25) is 10.1 Å². The SMILES string of the molecule is O=C(Nc1nc(-c2ccccc2)cs1)c1ccc(OCC2CCCO2)cc1. The maximum absolute atomic E-state index is 12.4. The molecule has 1 atom stereocenters.